The highest BCUT2D eigenvalue weighted by Gasteiger charge is 2.28. The van der Waals surface area contributed by atoms with E-state index in [4.69, 9.17) is 4.74 Å². The van der Waals surface area contributed by atoms with Gasteiger partial charge in [-0.25, -0.2) is 14.5 Å². The Balaban J connectivity index is 1.56. The second kappa shape index (κ2) is 12.5. The van der Waals surface area contributed by atoms with Gasteiger partial charge in [0.2, 0.25) is 0 Å². The first-order valence-electron chi connectivity index (χ1n) is 12.3. The molecule has 1 aromatic carbocycles. The molecular formula is C26H33IN4O6. The molecule has 0 unspecified atom stereocenters. The maximum absolute atomic E-state index is 12.9. The average molecular weight is 624 g/mol. The first-order chi connectivity index (χ1) is 17.4. The molecule has 11 heteroatoms. The number of piperidine rings is 1. The number of aromatic carboxylic acids is 1. The number of aromatic nitrogens is 1. The zero-order chi connectivity index (χ0) is 27.2. The standard InChI is InChI=1S/C26H33IN4O6/c1-26(2,3)37-25(34)30(22-8-6-9-23(28-22)31(35)36)14-5-4-7-18-12-15-29(16-13-18)21-17-19(27)10-11-20(21)24(32)33/h6,8-11,17-18H,4-5,7,12-16H2,1-3H3,(H,32,33). The van der Waals surface area contributed by atoms with E-state index >= 15 is 0 Å². The summed E-state index contributed by atoms with van der Waals surface area (Å²) in [6.07, 6.45) is 3.91. The normalized spacial score (nSPS) is 14.3. The van der Waals surface area contributed by atoms with Crippen LogP contribution in [0.15, 0.2) is 36.4 Å². The topological polar surface area (TPSA) is 126 Å². The van der Waals surface area contributed by atoms with Gasteiger partial charge in [-0.2, -0.15) is 0 Å². The maximum Gasteiger partial charge on any atom is 0.417 e. The van der Waals surface area contributed by atoms with Crippen LogP contribution in [0.5, 0.6) is 0 Å². The number of unbranched alkanes of at least 4 members (excludes halogenated alkanes) is 1. The van der Waals surface area contributed by atoms with Gasteiger partial charge in [-0.05, 0) is 103 Å². The molecule has 1 aromatic heterocycles. The van der Waals surface area contributed by atoms with Gasteiger partial charge in [-0.15, -0.1) is 0 Å². The Bertz CT molecular complexity index is 1130. The van der Waals surface area contributed by atoms with Gasteiger partial charge < -0.3 is 24.9 Å². The summed E-state index contributed by atoms with van der Waals surface area (Å²) in [5.41, 5.74) is 0.396. The third-order valence-corrected chi connectivity index (χ3v) is 6.86. The van der Waals surface area contributed by atoms with Crippen LogP contribution in [0.1, 0.15) is 63.2 Å². The van der Waals surface area contributed by atoms with E-state index in [0.717, 1.165) is 48.0 Å². The number of carboxylic acid groups (broad SMARTS) is 1. The largest absolute Gasteiger partial charge is 0.478 e. The fraction of sp³-hybridized carbons (Fsp3) is 0.500. The summed E-state index contributed by atoms with van der Waals surface area (Å²) in [5, 5.41) is 20.7. The average Bonchev–Trinajstić information content (AvgIpc) is 2.83. The lowest BCUT2D eigenvalue weighted by atomic mass is 9.91. The molecule has 0 atom stereocenters. The Hall–Kier alpha value is -2.96. The molecule has 1 fully saturated rings. The quantitative estimate of drug-likeness (QED) is 0.153. The number of rotatable bonds is 9. The number of anilines is 2. The van der Waals surface area contributed by atoms with E-state index in [1.807, 2.05) is 12.1 Å². The molecule has 200 valence electrons. The van der Waals surface area contributed by atoms with E-state index < -0.39 is 22.6 Å². The summed E-state index contributed by atoms with van der Waals surface area (Å²) in [7, 11) is 0. The van der Waals surface area contributed by atoms with Crippen LogP contribution in [0.3, 0.4) is 0 Å². The van der Waals surface area contributed by atoms with Crippen molar-refractivity contribution in [1.82, 2.24) is 4.98 Å². The van der Waals surface area contributed by atoms with Crippen LogP contribution in [-0.2, 0) is 4.74 Å². The van der Waals surface area contributed by atoms with Crippen molar-refractivity contribution in [3.05, 3.63) is 55.6 Å². The highest BCUT2D eigenvalue weighted by atomic mass is 127. The van der Waals surface area contributed by atoms with Crippen molar-refractivity contribution in [3.8, 4) is 0 Å². The number of carbonyl (C=O) groups is 2. The number of amides is 1. The third-order valence-electron chi connectivity index (χ3n) is 6.19. The van der Waals surface area contributed by atoms with E-state index in [1.54, 1.807) is 32.9 Å². The maximum atomic E-state index is 12.9. The van der Waals surface area contributed by atoms with Crippen molar-refractivity contribution in [2.75, 3.05) is 29.4 Å². The van der Waals surface area contributed by atoms with Crippen molar-refractivity contribution in [2.24, 2.45) is 5.92 Å². The van der Waals surface area contributed by atoms with Crippen molar-refractivity contribution in [1.29, 1.82) is 0 Å². The predicted molar refractivity (Wildman–Crippen MR) is 149 cm³/mol. The second-order valence-electron chi connectivity index (χ2n) is 10.1. The molecular weight excluding hydrogens is 591 g/mol. The van der Waals surface area contributed by atoms with Crippen molar-refractivity contribution in [2.45, 2.75) is 58.5 Å². The molecule has 10 nitrogen and oxygen atoms in total. The number of carboxylic acids is 1. The van der Waals surface area contributed by atoms with E-state index in [2.05, 4.69) is 32.5 Å². The molecule has 3 rings (SSSR count). The molecule has 0 bridgehead atoms. The zero-order valence-corrected chi connectivity index (χ0v) is 23.5. The molecule has 1 amide bonds. The highest BCUT2D eigenvalue weighted by Crippen LogP contribution is 2.30. The lowest BCUT2D eigenvalue weighted by Gasteiger charge is -2.34. The highest BCUT2D eigenvalue weighted by molar-refractivity contribution is 14.1. The summed E-state index contributed by atoms with van der Waals surface area (Å²) >= 11 is 2.20. The van der Waals surface area contributed by atoms with Gasteiger partial charge in [0, 0.05) is 35.3 Å². The minimum absolute atomic E-state index is 0.198. The van der Waals surface area contributed by atoms with E-state index in [-0.39, 0.29) is 11.6 Å². The minimum atomic E-state index is -0.915. The van der Waals surface area contributed by atoms with Crippen LogP contribution in [0.25, 0.3) is 0 Å². The fourth-order valence-electron chi connectivity index (χ4n) is 4.39. The Kier molecular flexibility index (Phi) is 9.68. The van der Waals surface area contributed by atoms with Gasteiger partial charge in [0.05, 0.1) is 11.3 Å². The van der Waals surface area contributed by atoms with Crippen LogP contribution >= 0.6 is 22.6 Å². The van der Waals surface area contributed by atoms with Crippen LogP contribution < -0.4 is 9.80 Å². The Morgan fingerprint density at radius 3 is 2.54 bits per heavy atom. The number of benzene rings is 1. The number of carbonyl (C=O) groups excluding carboxylic acids is 1. The summed E-state index contributed by atoms with van der Waals surface area (Å²) in [5.74, 6) is -0.528. The molecule has 1 N–H and O–H groups in total. The summed E-state index contributed by atoms with van der Waals surface area (Å²) in [4.78, 5) is 42.6. The van der Waals surface area contributed by atoms with Gasteiger partial charge in [0.25, 0.3) is 5.82 Å². The van der Waals surface area contributed by atoms with Gasteiger partial charge >= 0.3 is 17.9 Å². The number of ether oxygens (including phenoxy) is 1. The van der Waals surface area contributed by atoms with Crippen LogP contribution in [0.2, 0.25) is 0 Å². The first kappa shape index (κ1) is 28.6. The lowest BCUT2D eigenvalue weighted by Crippen LogP contribution is -2.38. The number of nitro groups is 1. The Morgan fingerprint density at radius 1 is 1.22 bits per heavy atom. The van der Waals surface area contributed by atoms with Crippen molar-refractivity contribution < 1.29 is 24.4 Å². The molecule has 37 heavy (non-hydrogen) atoms. The molecule has 2 aromatic rings. The van der Waals surface area contributed by atoms with Crippen LogP contribution in [-0.4, -0.2) is 52.3 Å². The monoisotopic (exact) mass is 624 g/mol. The van der Waals surface area contributed by atoms with Crippen LogP contribution in [0, 0.1) is 19.6 Å². The van der Waals surface area contributed by atoms with E-state index in [0.29, 0.717) is 24.4 Å². The third kappa shape index (κ3) is 8.27. The number of hydrogen-bond donors (Lipinski definition) is 1. The molecule has 1 aliphatic heterocycles. The minimum Gasteiger partial charge on any atom is -0.478 e. The Labute approximate surface area is 230 Å². The molecule has 0 aliphatic carbocycles. The predicted octanol–water partition coefficient (Wildman–Crippen LogP) is 6.12. The molecule has 1 saturated heterocycles. The molecule has 2 heterocycles. The fourth-order valence-corrected chi connectivity index (χ4v) is 4.87. The summed E-state index contributed by atoms with van der Waals surface area (Å²) < 4.78 is 6.53. The van der Waals surface area contributed by atoms with Crippen molar-refractivity contribution in [3.63, 3.8) is 0 Å². The number of hydrogen-bond acceptors (Lipinski definition) is 7. The van der Waals surface area contributed by atoms with E-state index in [9.17, 15) is 24.8 Å². The lowest BCUT2D eigenvalue weighted by molar-refractivity contribution is -0.389. The first-order valence-corrected chi connectivity index (χ1v) is 13.4. The number of pyridine rings is 1. The van der Waals surface area contributed by atoms with Crippen molar-refractivity contribution >= 4 is 52.0 Å². The summed E-state index contributed by atoms with van der Waals surface area (Å²) in [6.45, 7) is 7.25. The van der Waals surface area contributed by atoms with Gasteiger partial charge in [0.15, 0.2) is 0 Å². The van der Waals surface area contributed by atoms with Gasteiger partial charge in [0.1, 0.15) is 5.60 Å². The van der Waals surface area contributed by atoms with Gasteiger partial charge in [-0.3, -0.25) is 0 Å². The number of nitrogens with zero attached hydrogens (tertiary/aromatic N) is 4. The SMILES string of the molecule is CC(C)(C)OC(=O)N(CCCCC1CCN(c2cc(I)ccc2C(=O)O)CC1)c1cccc([N+](=O)[O-])n1. The van der Waals surface area contributed by atoms with E-state index in [1.165, 1.54) is 17.0 Å². The number of halogens is 1. The zero-order valence-electron chi connectivity index (χ0n) is 21.4. The Morgan fingerprint density at radius 2 is 1.92 bits per heavy atom. The molecule has 1 aliphatic rings. The molecule has 0 spiro atoms. The van der Waals surface area contributed by atoms with Gasteiger partial charge in [-0.1, -0.05) is 12.8 Å². The van der Waals surface area contributed by atoms with Crippen LogP contribution in [0.4, 0.5) is 22.1 Å². The summed E-state index contributed by atoms with van der Waals surface area (Å²) in [6, 6.07) is 9.77. The second-order valence-corrected chi connectivity index (χ2v) is 11.4. The smallest absolute Gasteiger partial charge is 0.417 e. The molecule has 0 saturated carbocycles. The molecule has 0 radical (unpaired) electrons.